The first-order valence-corrected chi connectivity index (χ1v) is 7.04. The molecule has 3 aliphatic carbocycles. The zero-order chi connectivity index (χ0) is 11.3. The Labute approximate surface area is 98.9 Å². The van der Waals surface area contributed by atoms with Gasteiger partial charge in [0.1, 0.15) is 0 Å². The minimum Gasteiger partial charge on any atom is -0.369 e. The van der Waals surface area contributed by atoms with Crippen LogP contribution in [0.2, 0.25) is 0 Å². The van der Waals surface area contributed by atoms with Crippen molar-refractivity contribution in [2.24, 2.45) is 28.1 Å². The van der Waals surface area contributed by atoms with Gasteiger partial charge in [-0.15, -0.1) is 0 Å². The van der Waals surface area contributed by atoms with Gasteiger partial charge < -0.3 is 4.74 Å². The molecular weight excluding hydrogens is 196 g/mol. The minimum atomic E-state index is 0.512. The molecule has 4 aliphatic rings. The molecule has 0 aromatic heterocycles. The fraction of sp³-hybridized carbons (Fsp3) is 1.00. The molecule has 5 unspecified atom stereocenters. The van der Waals surface area contributed by atoms with E-state index < -0.39 is 0 Å². The summed E-state index contributed by atoms with van der Waals surface area (Å²) in [5.41, 5.74) is 1.67. The van der Waals surface area contributed by atoms with E-state index in [4.69, 9.17) is 4.74 Å². The van der Waals surface area contributed by atoms with E-state index >= 15 is 0 Å². The topological polar surface area (TPSA) is 12.5 Å². The predicted octanol–water partition coefficient (Wildman–Crippen LogP) is 3.63. The van der Waals surface area contributed by atoms with Gasteiger partial charge in [-0.25, -0.2) is 0 Å². The van der Waals surface area contributed by atoms with E-state index in [0.29, 0.717) is 28.5 Å². The summed E-state index contributed by atoms with van der Waals surface area (Å²) in [6, 6.07) is 0. The highest BCUT2D eigenvalue weighted by molar-refractivity contribution is 5.23. The van der Waals surface area contributed by atoms with E-state index in [1.54, 1.807) is 0 Å². The summed E-state index contributed by atoms with van der Waals surface area (Å²) in [5, 5.41) is 0. The quantitative estimate of drug-likeness (QED) is 0.568. The molecule has 0 amide bonds. The molecule has 0 aromatic rings. The zero-order valence-corrected chi connectivity index (χ0v) is 11.0. The van der Waals surface area contributed by atoms with E-state index in [-0.39, 0.29) is 0 Å². The van der Waals surface area contributed by atoms with Crippen molar-refractivity contribution in [2.45, 2.75) is 65.6 Å². The number of hydrogen-bond acceptors (Lipinski definition) is 1. The molecule has 1 heteroatoms. The van der Waals surface area contributed by atoms with Crippen molar-refractivity contribution in [3.63, 3.8) is 0 Å². The lowest BCUT2D eigenvalue weighted by Gasteiger charge is -2.54. The Morgan fingerprint density at radius 3 is 2.56 bits per heavy atom. The van der Waals surface area contributed by atoms with E-state index in [9.17, 15) is 0 Å². The van der Waals surface area contributed by atoms with E-state index in [1.165, 1.54) is 25.7 Å². The van der Waals surface area contributed by atoms with Gasteiger partial charge in [0, 0.05) is 0 Å². The van der Waals surface area contributed by atoms with Crippen LogP contribution in [-0.2, 0) is 4.74 Å². The summed E-state index contributed by atoms with van der Waals surface area (Å²) in [6.45, 7) is 10.1. The first kappa shape index (κ1) is 9.94. The first-order valence-electron chi connectivity index (χ1n) is 7.04. The van der Waals surface area contributed by atoms with Gasteiger partial charge in [-0.05, 0) is 53.8 Å². The molecule has 0 N–H and O–H groups in total. The predicted molar refractivity (Wildman–Crippen MR) is 64.1 cm³/mol. The maximum atomic E-state index is 6.01. The van der Waals surface area contributed by atoms with E-state index in [2.05, 4.69) is 27.7 Å². The average Bonchev–Trinajstić information content (AvgIpc) is 2.68. The van der Waals surface area contributed by atoms with Crippen LogP contribution in [0.25, 0.3) is 0 Å². The molecule has 1 heterocycles. The molecule has 1 saturated heterocycles. The van der Waals surface area contributed by atoms with Crippen LogP contribution in [0.5, 0.6) is 0 Å². The molecule has 3 saturated carbocycles. The molecule has 1 nitrogen and oxygen atoms in total. The molecule has 1 aliphatic heterocycles. The summed E-state index contributed by atoms with van der Waals surface area (Å²) < 4.78 is 6.01. The number of epoxide rings is 1. The molecule has 4 rings (SSSR count). The molecule has 0 aromatic carbocycles. The largest absolute Gasteiger partial charge is 0.369 e. The zero-order valence-electron chi connectivity index (χ0n) is 11.0. The van der Waals surface area contributed by atoms with Crippen LogP contribution in [-0.4, -0.2) is 12.2 Å². The Kier molecular flexibility index (Phi) is 1.48. The lowest BCUT2D eigenvalue weighted by molar-refractivity contribution is -0.0527. The van der Waals surface area contributed by atoms with Crippen LogP contribution in [0, 0.1) is 28.1 Å². The normalized spacial score (nSPS) is 59.2. The highest BCUT2D eigenvalue weighted by atomic mass is 16.6. The average molecular weight is 220 g/mol. The highest BCUT2D eigenvalue weighted by Gasteiger charge is 2.75. The van der Waals surface area contributed by atoms with Crippen molar-refractivity contribution < 1.29 is 4.74 Å². The Bertz CT molecular complexity index is 356. The molecule has 2 bridgehead atoms. The van der Waals surface area contributed by atoms with Crippen molar-refractivity contribution in [1.82, 2.24) is 0 Å². The summed E-state index contributed by atoms with van der Waals surface area (Å²) >= 11 is 0. The SMILES string of the molecule is CC1(C)C2CCC3(C2)C1C1OC1CC3(C)C. The van der Waals surface area contributed by atoms with Crippen LogP contribution in [0.3, 0.4) is 0 Å². The van der Waals surface area contributed by atoms with Crippen molar-refractivity contribution in [1.29, 1.82) is 0 Å². The van der Waals surface area contributed by atoms with Crippen LogP contribution in [0.15, 0.2) is 0 Å². The molecule has 16 heavy (non-hydrogen) atoms. The van der Waals surface area contributed by atoms with Gasteiger partial charge in [0.25, 0.3) is 0 Å². The van der Waals surface area contributed by atoms with E-state index in [1.807, 2.05) is 0 Å². The van der Waals surface area contributed by atoms with E-state index in [0.717, 1.165) is 11.8 Å². The molecule has 5 atom stereocenters. The standard InChI is InChI=1S/C15H24O/c1-13(2)8-10-11(16-10)12-14(3,4)9-5-6-15(12,13)7-9/h9-12H,5-8H2,1-4H3. The Morgan fingerprint density at radius 1 is 1.06 bits per heavy atom. The smallest absolute Gasteiger partial charge is 0.0880 e. The summed E-state index contributed by atoms with van der Waals surface area (Å²) in [6.07, 6.45) is 7.01. The maximum Gasteiger partial charge on any atom is 0.0880 e. The molecule has 1 spiro atoms. The number of hydrogen-bond donors (Lipinski definition) is 0. The molecular formula is C15H24O. The number of fused-ring (bicyclic) bond motifs is 3. The summed E-state index contributed by atoms with van der Waals surface area (Å²) in [4.78, 5) is 0. The second kappa shape index (κ2) is 2.39. The van der Waals surface area contributed by atoms with Crippen molar-refractivity contribution in [3.05, 3.63) is 0 Å². The van der Waals surface area contributed by atoms with Gasteiger partial charge >= 0.3 is 0 Å². The van der Waals surface area contributed by atoms with Crippen molar-refractivity contribution >= 4 is 0 Å². The van der Waals surface area contributed by atoms with Crippen LogP contribution >= 0.6 is 0 Å². The van der Waals surface area contributed by atoms with Crippen LogP contribution in [0.4, 0.5) is 0 Å². The number of ether oxygens (including phenoxy) is 1. The summed E-state index contributed by atoms with van der Waals surface area (Å²) in [5.74, 6) is 1.83. The fourth-order valence-electron chi connectivity index (χ4n) is 6.05. The lowest BCUT2D eigenvalue weighted by atomic mass is 9.49. The van der Waals surface area contributed by atoms with Gasteiger partial charge in [0.15, 0.2) is 0 Å². The second-order valence-electron chi connectivity index (χ2n) is 8.12. The Morgan fingerprint density at radius 2 is 1.81 bits per heavy atom. The third kappa shape index (κ3) is 0.836. The van der Waals surface area contributed by atoms with Gasteiger partial charge in [-0.3, -0.25) is 0 Å². The van der Waals surface area contributed by atoms with Gasteiger partial charge in [0.05, 0.1) is 12.2 Å². The monoisotopic (exact) mass is 220 g/mol. The molecule has 0 radical (unpaired) electrons. The maximum absolute atomic E-state index is 6.01. The minimum absolute atomic E-state index is 0.512. The van der Waals surface area contributed by atoms with Gasteiger partial charge in [0.2, 0.25) is 0 Å². The Balaban J connectivity index is 1.87. The van der Waals surface area contributed by atoms with Crippen molar-refractivity contribution in [3.8, 4) is 0 Å². The second-order valence-corrected chi connectivity index (χ2v) is 8.12. The molecule has 4 fully saturated rings. The molecule has 90 valence electrons. The van der Waals surface area contributed by atoms with Gasteiger partial charge in [-0.1, -0.05) is 27.7 Å². The number of rotatable bonds is 0. The first-order chi connectivity index (χ1) is 7.38. The third-order valence-electron chi connectivity index (χ3n) is 7.01. The van der Waals surface area contributed by atoms with Crippen LogP contribution < -0.4 is 0 Å². The highest BCUT2D eigenvalue weighted by Crippen LogP contribution is 2.77. The van der Waals surface area contributed by atoms with Crippen molar-refractivity contribution in [2.75, 3.05) is 0 Å². The third-order valence-corrected chi connectivity index (χ3v) is 7.01. The fourth-order valence-corrected chi connectivity index (χ4v) is 6.05. The van der Waals surface area contributed by atoms with Gasteiger partial charge in [-0.2, -0.15) is 0 Å². The summed E-state index contributed by atoms with van der Waals surface area (Å²) in [7, 11) is 0. The lowest BCUT2D eigenvalue weighted by Crippen LogP contribution is -2.51. The Hall–Kier alpha value is -0.0400. The van der Waals surface area contributed by atoms with Crippen LogP contribution in [0.1, 0.15) is 53.4 Å².